The van der Waals surface area contributed by atoms with E-state index in [1.165, 1.54) is 36.4 Å². The highest BCUT2D eigenvalue weighted by molar-refractivity contribution is 5.92. The van der Waals surface area contributed by atoms with Gasteiger partial charge in [-0.25, -0.2) is 9.18 Å². The van der Waals surface area contributed by atoms with Gasteiger partial charge in [-0.15, -0.1) is 10.2 Å². The molecule has 128 valence electrons. The Hall–Kier alpha value is -3.22. The standard InChI is InChI=1S/C18H15FN2O4/c1-10-3-8-15(22)14(9-10)18(23)24-11(2)16-20-21-17(25-16)12-4-6-13(19)7-5-12/h3-9,11,22H,1-2H3/t11-/m0/s1. The molecule has 25 heavy (non-hydrogen) atoms. The maximum Gasteiger partial charge on any atom is 0.342 e. The van der Waals surface area contributed by atoms with E-state index in [-0.39, 0.29) is 28.9 Å². The summed E-state index contributed by atoms with van der Waals surface area (Å²) in [5.41, 5.74) is 1.42. The molecule has 6 nitrogen and oxygen atoms in total. The van der Waals surface area contributed by atoms with Gasteiger partial charge in [-0.05, 0) is 50.2 Å². The van der Waals surface area contributed by atoms with E-state index in [1.54, 1.807) is 19.9 Å². The van der Waals surface area contributed by atoms with E-state index in [2.05, 4.69) is 10.2 Å². The number of hydrogen-bond donors (Lipinski definition) is 1. The number of esters is 1. The molecule has 0 spiro atoms. The molecule has 1 N–H and O–H groups in total. The predicted octanol–water partition coefficient (Wildman–Crippen LogP) is 3.81. The number of benzene rings is 2. The highest BCUT2D eigenvalue weighted by atomic mass is 19.1. The summed E-state index contributed by atoms with van der Waals surface area (Å²) in [6, 6.07) is 10.2. The van der Waals surface area contributed by atoms with Crippen LogP contribution >= 0.6 is 0 Å². The third-order valence-corrected chi connectivity index (χ3v) is 3.54. The SMILES string of the molecule is Cc1ccc(O)c(C(=O)O[C@@H](C)c2nnc(-c3ccc(F)cc3)o2)c1. The van der Waals surface area contributed by atoms with Crippen LogP contribution in [0.5, 0.6) is 5.75 Å². The second-order valence-corrected chi connectivity index (χ2v) is 5.52. The normalized spacial score (nSPS) is 12.0. The van der Waals surface area contributed by atoms with Crippen LogP contribution in [0.1, 0.15) is 34.8 Å². The Morgan fingerprint density at radius 2 is 1.92 bits per heavy atom. The van der Waals surface area contributed by atoms with Crippen LogP contribution in [-0.4, -0.2) is 21.3 Å². The Bertz CT molecular complexity index is 906. The highest BCUT2D eigenvalue weighted by Crippen LogP contribution is 2.25. The van der Waals surface area contributed by atoms with Crippen molar-refractivity contribution in [3.8, 4) is 17.2 Å². The van der Waals surface area contributed by atoms with E-state index in [9.17, 15) is 14.3 Å². The summed E-state index contributed by atoms with van der Waals surface area (Å²) in [4.78, 5) is 12.2. The van der Waals surface area contributed by atoms with E-state index in [0.29, 0.717) is 5.56 Å². The lowest BCUT2D eigenvalue weighted by atomic mass is 10.1. The van der Waals surface area contributed by atoms with Gasteiger partial charge < -0.3 is 14.3 Å². The topological polar surface area (TPSA) is 85.5 Å². The number of aryl methyl sites for hydroxylation is 1. The van der Waals surface area contributed by atoms with Crippen LogP contribution in [0.15, 0.2) is 46.9 Å². The van der Waals surface area contributed by atoms with Gasteiger partial charge in [-0.1, -0.05) is 11.6 Å². The van der Waals surface area contributed by atoms with Crippen LogP contribution in [0.2, 0.25) is 0 Å². The number of nitrogens with zero attached hydrogens (tertiary/aromatic N) is 2. The Kier molecular flexibility index (Phi) is 4.47. The number of aromatic hydroxyl groups is 1. The maximum absolute atomic E-state index is 13.0. The van der Waals surface area contributed by atoms with Crippen LogP contribution in [0, 0.1) is 12.7 Å². The quantitative estimate of drug-likeness (QED) is 0.726. The lowest BCUT2D eigenvalue weighted by Crippen LogP contribution is -2.10. The monoisotopic (exact) mass is 342 g/mol. The second-order valence-electron chi connectivity index (χ2n) is 5.52. The van der Waals surface area contributed by atoms with Gasteiger partial charge in [-0.3, -0.25) is 0 Å². The number of carbonyl (C=O) groups is 1. The molecule has 0 fully saturated rings. The van der Waals surface area contributed by atoms with Gasteiger partial charge in [0, 0.05) is 5.56 Å². The molecule has 1 heterocycles. The Morgan fingerprint density at radius 3 is 2.64 bits per heavy atom. The molecule has 3 aromatic rings. The molecular formula is C18H15FN2O4. The summed E-state index contributed by atoms with van der Waals surface area (Å²) < 4.78 is 23.7. The van der Waals surface area contributed by atoms with Crippen LogP contribution in [0.3, 0.4) is 0 Å². The van der Waals surface area contributed by atoms with E-state index in [4.69, 9.17) is 9.15 Å². The summed E-state index contributed by atoms with van der Waals surface area (Å²) in [5, 5.41) is 17.5. The van der Waals surface area contributed by atoms with Crippen molar-refractivity contribution in [2.24, 2.45) is 0 Å². The molecule has 0 amide bonds. The number of rotatable bonds is 4. The van der Waals surface area contributed by atoms with Gasteiger partial charge in [0.05, 0.1) is 0 Å². The average Bonchev–Trinajstić information content (AvgIpc) is 3.07. The molecule has 0 saturated carbocycles. The zero-order valence-corrected chi connectivity index (χ0v) is 13.6. The zero-order chi connectivity index (χ0) is 18.0. The van der Waals surface area contributed by atoms with Crippen LogP contribution in [-0.2, 0) is 4.74 Å². The molecule has 7 heteroatoms. The maximum atomic E-state index is 13.0. The van der Waals surface area contributed by atoms with Crippen LogP contribution < -0.4 is 0 Å². The predicted molar refractivity (Wildman–Crippen MR) is 86.4 cm³/mol. The Morgan fingerprint density at radius 1 is 1.20 bits per heavy atom. The molecule has 1 aromatic heterocycles. The number of carbonyl (C=O) groups excluding carboxylic acids is 1. The van der Waals surface area contributed by atoms with Crippen LogP contribution in [0.4, 0.5) is 4.39 Å². The Labute approximate surface area is 142 Å². The molecule has 1 atom stereocenters. The molecule has 0 aliphatic rings. The van der Waals surface area contributed by atoms with Gasteiger partial charge in [0.2, 0.25) is 5.89 Å². The minimum absolute atomic E-state index is 0.0603. The summed E-state index contributed by atoms with van der Waals surface area (Å²) in [7, 11) is 0. The van der Waals surface area contributed by atoms with Crippen LogP contribution in [0.25, 0.3) is 11.5 Å². The highest BCUT2D eigenvalue weighted by Gasteiger charge is 2.21. The fourth-order valence-electron chi connectivity index (χ4n) is 2.20. The summed E-state index contributed by atoms with van der Waals surface area (Å²) in [6.45, 7) is 3.37. The molecule has 0 bridgehead atoms. The fourth-order valence-corrected chi connectivity index (χ4v) is 2.20. The lowest BCUT2D eigenvalue weighted by molar-refractivity contribution is 0.0276. The number of phenols is 1. The van der Waals surface area contributed by atoms with Gasteiger partial charge >= 0.3 is 5.97 Å². The van der Waals surface area contributed by atoms with Gasteiger partial charge in [-0.2, -0.15) is 0 Å². The zero-order valence-electron chi connectivity index (χ0n) is 13.6. The first-order valence-electron chi connectivity index (χ1n) is 7.54. The minimum atomic E-state index is -0.811. The first kappa shape index (κ1) is 16.6. The minimum Gasteiger partial charge on any atom is -0.507 e. The summed E-state index contributed by atoms with van der Waals surface area (Å²) in [5.74, 6) is -0.949. The first-order chi connectivity index (χ1) is 11.9. The van der Waals surface area contributed by atoms with Crippen molar-refractivity contribution < 1.29 is 23.4 Å². The number of aromatic nitrogens is 2. The molecule has 0 aliphatic carbocycles. The van der Waals surface area contributed by atoms with Crippen molar-refractivity contribution in [2.45, 2.75) is 20.0 Å². The summed E-state index contributed by atoms with van der Waals surface area (Å²) >= 11 is 0. The van der Waals surface area contributed by atoms with Gasteiger partial charge in [0.25, 0.3) is 5.89 Å². The molecule has 0 saturated heterocycles. The molecular weight excluding hydrogens is 327 g/mol. The summed E-state index contributed by atoms with van der Waals surface area (Å²) in [6.07, 6.45) is -0.811. The molecule has 2 aromatic carbocycles. The molecule has 0 unspecified atom stereocenters. The number of hydrogen-bond acceptors (Lipinski definition) is 6. The van der Waals surface area contributed by atoms with E-state index < -0.39 is 12.1 Å². The van der Waals surface area contributed by atoms with E-state index >= 15 is 0 Å². The number of phenolic OH excluding ortho intramolecular Hbond substituents is 1. The molecule has 3 rings (SSSR count). The third-order valence-electron chi connectivity index (χ3n) is 3.54. The van der Waals surface area contributed by atoms with Gasteiger partial charge in [0.15, 0.2) is 6.10 Å². The van der Waals surface area contributed by atoms with E-state index in [1.807, 2.05) is 0 Å². The second kappa shape index (κ2) is 6.72. The van der Waals surface area contributed by atoms with Crippen molar-refractivity contribution in [3.63, 3.8) is 0 Å². The Balaban J connectivity index is 1.75. The van der Waals surface area contributed by atoms with Crippen molar-refractivity contribution in [2.75, 3.05) is 0 Å². The van der Waals surface area contributed by atoms with Gasteiger partial charge in [0.1, 0.15) is 17.1 Å². The molecule has 0 radical (unpaired) electrons. The lowest BCUT2D eigenvalue weighted by Gasteiger charge is -2.10. The van der Waals surface area contributed by atoms with Crippen molar-refractivity contribution >= 4 is 5.97 Å². The number of ether oxygens (including phenoxy) is 1. The van der Waals surface area contributed by atoms with Crippen molar-refractivity contribution in [3.05, 3.63) is 65.3 Å². The third kappa shape index (κ3) is 3.65. The average molecular weight is 342 g/mol. The first-order valence-corrected chi connectivity index (χ1v) is 7.54. The van der Waals surface area contributed by atoms with E-state index in [0.717, 1.165) is 5.56 Å². The number of halogens is 1. The van der Waals surface area contributed by atoms with Crippen molar-refractivity contribution in [1.82, 2.24) is 10.2 Å². The fraction of sp³-hybridized carbons (Fsp3) is 0.167. The molecule has 0 aliphatic heterocycles. The largest absolute Gasteiger partial charge is 0.507 e. The van der Waals surface area contributed by atoms with Crippen molar-refractivity contribution in [1.29, 1.82) is 0 Å². The smallest absolute Gasteiger partial charge is 0.342 e.